The van der Waals surface area contributed by atoms with E-state index in [-0.39, 0.29) is 46.9 Å². The molecule has 4 N–H and O–H groups in total. The molecule has 0 spiro atoms. The number of sulfone groups is 1. The van der Waals surface area contributed by atoms with Gasteiger partial charge in [-0.2, -0.15) is 0 Å². The van der Waals surface area contributed by atoms with Crippen molar-refractivity contribution >= 4 is 21.8 Å². The molecule has 0 fully saturated rings. The first-order chi connectivity index (χ1) is 18.4. The minimum Gasteiger partial charge on any atom is -0.507 e. The number of phenolic OH excluding ortho intramolecular Hbond substituents is 2. The number of carboxylic acid groups (broad SMARTS) is 2. The molecule has 0 aliphatic carbocycles. The second-order valence-electron chi connectivity index (χ2n) is 10.2. The molecule has 2 aromatic carbocycles. The van der Waals surface area contributed by atoms with Crippen LogP contribution in [0.2, 0.25) is 0 Å². The van der Waals surface area contributed by atoms with Gasteiger partial charge < -0.3 is 20.4 Å². The van der Waals surface area contributed by atoms with E-state index in [0.29, 0.717) is 12.8 Å². The highest BCUT2D eigenvalue weighted by molar-refractivity contribution is 7.91. The number of rotatable bonds is 16. The number of phenols is 2. The predicted octanol–water partition coefficient (Wildman–Crippen LogP) is 6.84. The van der Waals surface area contributed by atoms with Crippen molar-refractivity contribution in [1.82, 2.24) is 0 Å². The highest BCUT2D eigenvalue weighted by Crippen LogP contribution is 2.42. The molecule has 0 aliphatic rings. The minimum absolute atomic E-state index is 0.0317. The van der Waals surface area contributed by atoms with Crippen LogP contribution in [0.1, 0.15) is 111 Å². The fraction of sp³-hybridized carbons (Fsp3) is 0.533. The second-order valence-corrected chi connectivity index (χ2v) is 12.1. The lowest BCUT2D eigenvalue weighted by atomic mass is 9.89. The molecule has 0 aromatic heterocycles. The van der Waals surface area contributed by atoms with Crippen LogP contribution in [-0.2, 0) is 22.7 Å². The van der Waals surface area contributed by atoms with Crippen molar-refractivity contribution in [1.29, 1.82) is 0 Å². The van der Waals surface area contributed by atoms with E-state index >= 15 is 0 Å². The highest BCUT2D eigenvalue weighted by atomic mass is 32.2. The third-order valence-corrected chi connectivity index (χ3v) is 9.54. The number of carbonyl (C=O) groups is 2. The number of aromatic hydroxyl groups is 2. The minimum atomic E-state index is -4.75. The molecule has 0 saturated carbocycles. The van der Waals surface area contributed by atoms with Crippen molar-refractivity contribution in [3.63, 3.8) is 0 Å². The molecule has 8 nitrogen and oxygen atoms in total. The smallest absolute Gasteiger partial charge is 0.336 e. The summed E-state index contributed by atoms with van der Waals surface area (Å²) in [5.41, 5.74) is -0.554. The van der Waals surface area contributed by atoms with Crippen LogP contribution in [0.3, 0.4) is 0 Å². The van der Waals surface area contributed by atoms with E-state index in [2.05, 4.69) is 0 Å². The van der Waals surface area contributed by atoms with Gasteiger partial charge in [-0.05, 0) is 60.1 Å². The summed E-state index contributed by atoms with van der Waals surface area (Å²) in [5, 5.41) is 41.7. The normalized spacial score (nSPS) is 13.2. The van der Waals surface area contributed by atoms with Crippen LogP contribution in [0.5, 0.6) is 11.5 Å². The molecule has 0 amide bonds. The van der Waals surface area contributed by atoms with Crippen LogP contribution in [0.25, 0.3) is 0 Å². The Kier molecular flexibility index (Phi) is 11.8. The SMILES string of the molecule is CCCCC(CC)Cc1c(C(=O)O)ccc(O)c1S(=O)(=O)c1c(O)ccc(C(=O)O)c1CC(CC)CCCC. The number of benzene rings is 2. The summed E-state index contributed by atoms with van der Waals surface area (Å²) in [5.74, 6) is -4.00. The molecule has 2 aromatic rings. The van der Waals surface area contributed by atoms with E-state index in [4.69, 9.17) is 0 Å². The summed E-state index contributed by atoms with van der Waals surface area (Å²) in [6.45, 7) is 7.95. The summed E-state index contributed by atoms with van der Waals surface area (Å²) >= 11 is 0. The Hall–Kier alpha value is -3.07. The topological polar surface area (TPSA) is 149 Å². The molecule has 0 heterocycles. The molecule has 2 atom stereocenters. The van der Waals surface area contributed by atoms with E-state index in [9.17, 15) is 38.4 Å². The largest absolute Gasteiger partial charge is 0.507 e. The zero-order valence-corrected chi connectivity index (χ0v) is 24.2. The number of aromatic carboxylic acids is 2. The quantitative estimate of drug-likeness (QED) is 0.174. The summed E-state index contributed by atoms with van der Waals surface area (Å²) in [4.78, 5) is 23.2. The van der Waals surface area contributed by atoms with Gasteiger partial charge in [-0.25, -0.2) is 18.0 Å². The molecule has 9 heteroatoms. The number of unbranched alkanes of at least 4 members (excludes halogenated alkanes) is 2. The Labute approximate surface area is 231 Å². The Morgan fingerprint density at radius 1 is 0.692 bits per heavy atom. The van der Waals surface area contributed by atoms with E-state index in [1.54, 1.807) is 0 Å². The molecule has 0 radical (unpaired) electrons. The lowest BCUT2D eigenvalue weighted by molar-refractivity contribution is 0.0684. The van der Waals surface area contributed by atoms with Gasteiger partial charge in [0.05, 0.1) is 11.1 Å². The van der Waals surface area contributed by atoms with Crippen LogP contribution in [0, 0.1) is 11.8 Å². The summed E-state index contributed by atoms with van der Waals surface area (Å²) in [7, 11) is -4.75. The first-order valence-corrected chi connectivity index (χ1v) is 15.3. The maximum Gasteiger partial charge on any atom is 0.336 e. The molecule has 2 rings (SSSR count). The van der Waals surface area contributed by atoms with Crippen LogP contribution >= 0.6 is 0 Å². The van der Waals surface area contributed by atoms with E-state index in [0.717, 1.165) is 50.7 Å². The monoisotopic (exact) mass is 562 g/mol. The van der Waals surface area contributed by atoms with Gasteiger partial charge in [0, 0.05) is 0 Å². The van der Waals surface area contributed by atoms with Gasteiger partial charge in [0.1, 0.15) is 21.3 Å². The number of hydrogen-bond donors (Lipinski definition) is 4. The molecule has 39 heavy (non-hydrogen) atoms. The average Bonchev–Trinajstić information content (AvgIpc) is 2.88. The molecule has 2 unspecified atom stereocenters. The Balaban J connectivity index is 2.90. The molecular weight excluding hydrogens is 520 g/mol. The third-order valence-electron chi connectivity index (χ3n) is 7.55. The summed E-state index contributed by atoms with van der Waals surface area (Å²) in [6.07, 6.45) is 6.65. The fourth-order valence-electron chi connectivity index (χ4n) is 5.20. The average molecular weight is 563 g/mol. The molecular formula is C30H42O8S. The molecule has 216 valence electrons. The zero-order chi connectivity index (χ0) is 29.3. The first-order valence-electron chi connectivity index (χ1n) is 13.9. The lowest BCUT2D eigenvalue weighted by Crippen LogP contribution is -2.18. The van der Waals surface area contributed by atoms with Gasteiger partial charge in [-0.15, -0.1) is 0 Å². The van der Waals surface area contributed by atoms with Crippen LogP contribution in [-0.4, -0.2) is 40.8 Å². The molecule has 0 saturated heterocycles. The van der Waals surface area contributed by atoms with E-state index in [1.807, 2.05) is 27.7 Å². The van der Waals surface area contributed by atoms with Crippen LogP contribution < -0.4 is 0 Å². The second kappa shape index (κ2) is 14.4. The maximum atomic E-state index is 14.3. The van der Waals surface area contributed by atoms with Gasteiger partial charge in [0.25, 0.3) is 0 Å². The maximum absolute atomic E-state index is 14.3. The van der Waals surface area contributed by atoms with Crippen molar-refractivity contribution in [2.24, 2.45) is 11.8 Å². The molecule has 0 aliphatic heterocycles. The van der Waals surface area contributed by atoms with Gasteiger partial charge in [-0.3, -0.25) is 0 Å². The lowest BCUT2D eigenvalue weighted by Gasteiger charge is -2.23. The van der Waals surface area contributed by atoms with Crippen molar-refractivity contribution in [3.8, 4) is 11.5 Å². The predicted molar refractivity (Wildman–Crippen MR) is 150 cm³/mol. The Morgan fingerprint density at radius 3 is 1.33 bits per heavy atom. The third kappa shape index (κ3) is 7.53. The van der Waals surface area contributed by atoms with Crippen molar-refractivity contribution < 1.29 is 38.4 Å². The Morgan fingerprint density at radius 2 is 1.05 bits per heavy atom. The van der Waals surface area contributed by atoms with Gasteiger partial charge >= 0.3 is 11.9 Å². The van der Waals surface area contributed by atoms with Gasteiger partial charge in [0.2, 0.25) is 9.84 Å². The fourth-order valence-corrected chi connectivity index (χ4v) is 7.13. The van der Waals surface area contributed by atoms with Gasteiger partial charge in [-0.1, -0.05) is 79.1 Å². The van der Waals surface area contributed by atoms with Crippen LogP contribution in [0.15, 0.2) is 34.1 Å². The number of hydrogen-bond acceptors (Lipinski definition) is 6. The van der Waals surface area contributed by atoms with Gasteiger partial charge in [0.15, 0.2) is 0 Å². The van der Waals surface area contributed by atoms with Crippen LogP contribution in [0.4, 0.5) is 0 Å². The summed E-state index contributed by atoms with van der Waals surface area (Å²) in [6, 6.07) is 4.43. The Bertz CT molecular complexity index is 1170. The standard InChI is InChI=1S/C30H42O8S/c1-5-9-11-19(7-3)17-23-21(29(33)34)13-15-25(31)27(23)39(37,38)28-24(18-20(8-4)12-10-6-2)22(30(35)36)14-16-26(28)32/h13-16,19-20,31-32H,5-12,17-18H2,1-4H3,(H,33,34)(H,35,36). The number of carboxylic acids is 2. The van der Waals surface area contributed by atoms with E-state index < -0.39 is 43.1 Å². The van der Waals surface area contributed by atoms with Crippen molar-refractivity contribution in [2.45, 2.75) is 102 Å². The van der Waals surface area contributed by atoms with E-state index in [1.165, 1.54) is 12.1 Å². The zero-order valence-electron chi connectivity index (χ0n) is 23.4. The first kappa shape index (κ1) is 32.1. The summed E-state index contributed by atoms with van der Waals surface area (Å²) < 4.78 is 28.7. The van der Waals surface area contributed by atoms with Crippen molar-refractivity contribution in [3.05, 3.63) is 46.5 Å². The van der Waals surface area contributed by atoms with Crippen molar-refractivity contribution in [2.75, 3.05) is 0 Å². The molecule has 0 bridgehead atoms. The highest BCUT2D eigenvalue weighted by Gasteiger charge is 2.35.